The lowest BCUT2D eigenvalue weighted by Crippen LogP contribution is -2.62. The summed E-state index contributed by atoms with van der Waals surface area (Å²) in [6.07, 6.45) is -6.47. The molecule has 3 aliphatic heterocycles. The first-order chi connectivity index (χ1) is 30.9. The first-order valence-corrected chi connectivity index (χ1v) is 23.3. The van der Waals surface area contributed by atoms with E-state index in [9.17, 15) is 24.3 Å². The molecule has 2 bridgehead atoms. The molecule has 0 unspecified atom stereocenters. The Bertz CT molecular complexity index is 2120. The quantitative estimate of drug-likeness (QED) is 0.175. The average molecular weight is 947 g/mol. The molecule has 0 radical (unpaired) electrons. The van der Waals surface area contributed by atoms with Crippen LogP contribution in [0, 0.1) is 17.8 Å². The van der Waals surface area contributed by atoms with Crippen LogP contribution in [0.15, 0.2) is 33.7 Å². The molecule has 0 aromatic carbocycles. The van der Waals surface area contributed by atoms with Crippen LogP contribution < -0.4 is 5.73 Å². The number of hydrogen-bond donors (Lipinski definition) is 2. The summed E-state index contributed by atoms with van der Waals surface area (Å²) in [5.41, 5.74) is 0.563. The Kier molecular flexibility index (Phi) is 17.4. The van der Waals surface area contributed by atoms with Crippen LogP contribution in [0.1, 0.15) is 101 Å². The number of rotatable bonds is 10. The highest BCUT2D eigenvalue weighted by atomic mass is 32.1. The lowest BCUT2D eigenvalue weighted by atomic mass is 9.73. The average Bonchev–Trinajstić information content (AvgIpc) is 3.73. The number of ketones is 1. The minimum absolute atomic E-state index is 0.0272. The molecular weight excluding hydrogens is 880 g/mol. The molecule has 3 N–H and O–H groups in total. The van der Waals surface area contributed by atoms with E-state index < -0.39 is 101 Å². The minimum Gasteiger partial charge on any atom is -0.457 e. The van der Waals surface area contributed by atoms with Crippen molar-refractivity contribution in [2.75, 3.05) is 33.0 Å². The number of anilines is 1. The Morgan fingerprint density at radius 2 is 1.79 bits per heavy atom. The number of nitrogens with two attached hydrogens (primary N) is 1. The number of cyclic esters (lactones) is 1. The fraction of sp³-hybridized carbons (Fsp3) is 0.696. The molecule has 5 heterocycles. The SMILES string of the molecule is CCC(=O)/N=C1\[C@H](C)C[C@@]2(C)OCC(=NOCc3csc(-c4cccc(N)n4)n3)CO[C@H]([C@H]1C)[C@](C)(O)[C@@H](CC)OC(=O)[C@@](C)(F)C(=O)[C@H](C)[C@H]2O[C@@H]1O[C@H](C)C[C@H](N(C)C)[C@H]1OC(C)=O. The maximum absolute atomic E-state index is 17.1. The summed E-state index contributed by atoms with van der Waals surface area (Å²) in [5, 5.41) is 19.4. The van der Waals surface area contributed by atoms with Crippen LogP contribution >= 0.6 is 11.3 Å². The molecule has 3 saturated heterocycles. The van der Waals surface area contributed by atoms with Crippen molar-refractivity contribution in [1.29, 1.82) is 0 Å². The number of aliphatic imine (C=N–C) groups is 1. The van der Waals surface area contributed by atoms with E-state index in [1.54, 1.807) is 51.3 Å². The van der Waals surface area contributed by atoms with Crippen molar-refractivity contribution >= 4 is 52.2 Å². The Morgan fingerprint density at radius 3 is 2.42 bits per heavy atom. The Balaban J connectivity index is 1.70. The topological polar surface area (TPSA) is 233 Å². The summed E-state index contributed by atoms with van der Waals surface area (Å²) < 4.78 is 55.4. The second kappa shape index (κ2) is 21.8. The van der Waals surface area contributed by atoms with E-state index in [1.165, 1.54) is 32.1 Å². The van der Waals surface area contributed by atoms with Crippen LogP contribution in [0.3, 0.4) is 0 Å². The number of pyridine rings is 1. The van der Waals surface area contributed by atoms with Crippen molar-refractivity contribution in [3.63, 3.8) is 0 Å². The van der Waals surface area contributed by atoms with E-state index in [2.05, 4.69) is 20.1 Å². The van der Waals surface area contributed by atoms with Gasteiger partial charge < -0.3 is 49.0 Å². The van der Waals surface area contributed by atoms with Gasteiger partial charge in [0.05, 0.1) is 48.9 Å². The summed E-state index contributed by atoms with van der Waals surface area (Å²) in [6.45, 7) is 14.5. The summed E-state index contributed by atoms with van der Waals surface area (Å²) in [7, 11) is 3.65. The summed E-state index contributed by atoms with van der Waals surface area (Å²) >= 11 is 1.34. The predicted octanol–water partition coefficient (Wildman–Crippen LogP) is 5.28. The third-order valence-electron chi connectivity index (χ3n) is 12.6. The van der Waals surface area contributed by atoms with Gasteiger partial charge in [0.2, 0.25) is 5.91 Å². The number of aromatic nitrogens is 2. The van der Waals surface area contributed by atoms with Gasteiger partial charge in [-0.1, -0.05) is 45.8 Å². The van der Waals surface area contributed by atoms with Crippen LogP contribution in [-0.4, -0.2) is 142 Å². The first-order valence-electron chi connectivity index (χ1n) is 22.5. The van der Waals surface area contributed by atoms with Crippen LogP contribution in [0.4, 0.5) is 10.2 Å². The summed E-state index contributed by atoms with van der Waals surface area (Å²) in [6, 6.07) is 4.83. The number of likely N-dealkylation sites (N-methyl/N-ethyl adjacent to an activating group) is 1. The zero-order valence-corrected chi connectivity index (χ0v) is 40.9. The number of carbonyl (C=O) groups is 4. The number of nitrogens with zero attached hydrogens (tertiary/aromatic N) is 5. The fourth-order valence-corrected chi connectivity index (χ4v) is 9.98. The molecule has 1 amide bonds. The normalized spacial score (nSPS) is 36.3. The number of halogens is 1. The molecule has 66 heavy (non-hydrogen) atoms. The van der Waals surface area contributed by atoms with Gasteiger partial charge in [-0.25, -0.2) is 24.1 Å². The van der Waals surface area contributed by atoms with Crippen molar-refractivity contribution < 1.29 is 61.9 Å². The number of fused-ring (bicyclic) bond motifs is 5. The molecule has 18 nitrogen and oxygen atoms in total. The highest BCUT2D eigenvalue weighted by Crippen LogP contribution is 2.41. The number of alkyl halides is 1. The van der Waals surface area contributed by atoms with E-state index in [1.807, 2.05) is 32.8 Å². The summed E-state index contributed by atoms with van der Waals surface area (Å²) in [5.74, 6) is -6.45. The molecule has 2 aromatic heterocycles. The van der Waals surface area contributed by atoms with Crippen molar-refractivity contribution in [2.24, 2.45) is 27.9 Å². The number of Topliss-reactive ketones (excluding diaryl/α,β-unsaturated/α-hetero) is 1. The zero-order chi connectivity index (χ0) is 48.9. The summed E-state index contributed by atoms with van der Waals surface area (Å²) in [4.78, 5) is 75.9. The number of nitrogen functional groups attached to an aromatic ring is 1. The Hall–Kier alpha value is -4.31. The van der Waals surface area contributed by atoms with E-state index in [-0.39, 0.29) is 44.8 Å². The lowest BCUT2D eigenvalue weighted by molar-refractivity contribution is -0.299. The van der Waals surface area contributed by atoms with E-state index >= 15 is 4.39 Å². The number of thiazole rings is 1. The van der Waals surface area contributed by atoms with Gasteiger partial charge in [0, 0.05) is 36.3 Å². The molecule has 0 spiro atoms. The van der Waals surface area contributed by atoms with Gasteiger partial charge in [-0.3, -0.25) is 14.4 Å². The second-order valence-corrected chi connectivity index (χ2v) is 19.3. The maximum atomic E-state index is 17.1. The predicted molar refractivity (Wildman–Crippen MR) is 243 cm³/mol. The number of oxime groups is 1. The molecule has 3 fully saturated rings. The minimum atomic E-state index is -3.26. The number of esters is 2. The van der Waals surface area contributed by atoms with Crippen molar-refractivity contribution in [1.82, 2.24) is 14.9 Å². The first kappa shape index (κ1) is 52.7. The van der Waals surface area contributed by atoms with Gasteiger partial charge in [-0.2, -0.15) is 0 Å². The maximum Gasteiger partial charge on any atom is 0.351 e. The monoisotopic (exact) mass is 946 g/mol. The van der Waals surface area contributed by atoms with E-state index in [0.717, 1.165) is 6.92 Å². The Labute approximate surface area is 390 Å². The van der Waals surface area contributed by atoms with Crippen LogP contribution in [0.5, 0.6) is 0 Å². The molecule has 20 heteroatoms. The van der Waals surface area contributed by atoms with Gasteiger partial charge in [-0.05, 0) is 79.1 Å². The van der Waals surface area contributed by atoms with Gasteiger partial charge in [0.25, 0.3) is 5.67 Å². The number of amides is 1. The van der Waals surface area contributed by atoms with Gasteiger partial charge in [0.1, 0.15) is 33.9 Å². The Morgan fingerprint density at radius 1 is 1.08 bits per heavy atom. The van der Waals surface area contributed by atoms with Gasteiger partial charge in [0.15, 0.2) is 24.8 Å². The molecule has 3 aliphatic rings. The van der Waals surface area contributed by atoms with Crippen LogP contribution in [-0.2, 0) is 59.0 Å². The van der Waals surface area contributed by atoms with Crippen molar-refractivity contribution in [3.8, 4) is 10.7 Å². The standard InChI is InChI=1S/C46H67FN6O12S/c1-13-33-46(10,58)40-26(5)36(51-35(55)14-2)24(3)19-44(8,60-21-29(20-59-40)52-61-22-30-23-66-41(49-30)31-16-15-17-34(48)50-31)39(27(6)38(56)45(9,47)43(57)64-33)65-42-37(63-28(7)54)32(53(11)12)18-25(4)62-42/h15-17,23-27,32-33,37,39-40,42,58H,13-14,18-22H2,1-12H3,(H2,48,50)/b51-36+,52-29?/t24-,25-,26+,27+,32+,33-,37-,39-,40-,42+,44-,45+,46-/m1/s1. The van der Waals surface area contributed by atoms with Gasteiger partial charge >= 0.3 is 11.9 Å². The molecule has 0 saturated carbocycles. The molecule has 0 aliphatic carbocycles. The molecule has 366 valence electrons. The number of hydrogen-bond acceptors (Lipinski definition) is 18. The largest absolute Gasteiger partial charge is 0.457 e. The van der Waals surface area contributed by atoms with E-state index in [0.29, 0.717) is 34.3 Å². The second-order valence-electron chi connectivity index (χ2n) is 18.4. The lowest BCUT2D eigenvalue weighted by Gasteiger charge is -2.48. The van der Waals surface area contributed by atoms with Gasteiger partial charge in [-0.15, -0.1) is 11.3 Å². The third kappa shape index (κ3) is 12.0. The van der Waals surface area contributed by atoms with Crippen molar-refractivity contribution in [2.45, 2.75) is 161 Å². The molecule has 5 rings (SSSR count). The van der Waals surface area contributed by atoms with Crippen molar-refractivity contribution in [3.05, 3.63) is 29.3 Å². The number of ether oxygens (including phenoxy) is 6. The highest BCUT2D eigenvalue weighted by Gasteiger charge is 2.57. The third-order valence-corrected chi connectivity index (χ3v) is 13.5. The smallest absolute Gasteiger partial charge is 0.351 e. The highest BCUT2D eigenvalue weighted by molar-refractivity contribution is 7.13. The number of carbonyl (C=O) groups excluding carboxylic acids is 4. The van der Waals surface area contributed by atoms with Crippen LogP contribution in [0.2, 0.25) is 0 Å². The zero-order valence-electron chi connectivity index (χ0n) is 40.1. The fourth-order valence-electron chi connectivity index (χ4n) is 9.20. The number of aliphatic hydroxyl groups is 1. The molecular formula is C46H67FN6O12S. The van der Waals surface area contributed by atoms with E-state index in [4.69, 9.17) is 39.0 Å². The van der Waals surface area contributed by atoms with Crippen LogP contribution in [0.25, 0.3) is 10.7 Å². The molecule has 13 atom stereocenters. The molecule has 2 aromatic rings.